The molecule has 0 saturated heterocycles. The van der Waals surface area contributed by atoms with Crippen molar-refractivity contribution in [1.82, 2.24) is 4.98 Å². The number of aromatic amines is 1. The molecule has 0 bridgehead atoms. The summed E-state index contributed by atoms with van der Waals surface area (Å²) < 4.78 is 4.88. The molecule has 0 aliphatic heterocycles. The number of benzene rings is 1. The molecule has 1 atom stereocenters. The van der Waals surface area contributed by atoms with E-state index in [1.807, 2.05) is 30.5 Å². The Morgan fingerprint density at radius 1 is 1.44 bits per heavy atom. The Morgan fingerprint density at radius 3 is 2.94 bits per heavy atom. The van der Waals surface area contributed by atoms with Crippen molar-refractivity contribution in [2.45, 2.75) is 19.4 Å². The maximum absolute atomic E-state index is 11.3. The quantitative estimate of drug-likeness (QED) is 0.838. The topological polar surface area (TPSA) is 68.1 Å². The first-order valence-electron chi connectivity index (χ1n) is 5.69. The second-order valence-electron chi connectivity index (χ2n) is 3.94. The molecule has 0 saturated carbocycles. The second-order valence-corrected chi connectivity index (χ2v) is 3.94. The third kappa shape index (κ3) is 3.24. The molecule has 18 heavy (non-hydrogen) atoms. The van der Waals surface area contributed by atoms with E-state index in [9.17, 15) is 4.79 Å². The van der Waals surface area contributed by atoms with Crippen LogP contribution in [0.2, 0.25) is 0 Å². The maximum atomic E-state index is 11.3. The molecule has 0 radical (unpaired) electrons. The van der Waals surface area contributed by atoms with Gasteiger partial charge in [0.2, 0.25) is 0 Å². The van der Waals surface area contributed by atoms with Crippen LogP contribution in [0.5, 0.6) is 0 Å². The van der Waals surface area contributed by atoms with E-state index in [0.29, 0.717) is 6.61 Å². The van der Waals surface area contributed by atoms with Gasteiger partial charge in [0.1, 0.15) is 0 Å². The first-order valence-corrected chi connectivity index (χ1v) is 5.69. The molecule has 0 aliphatic rings. The fourth-order valence-corrected chi connectivity index (χ4v) is 1.82. The van der Waals surface area contributed by atoms with Crippen LogP contribution in [0.4, 0.5) is 0 Å². The van der Waals surface area contributed by atoms with Gasteiger partial charge in [-0.2, -0.15) is 0 Å². The van der Waals surface area contributed by atoms with E-state index in [0.717, 1.165) is 16.5 Å². The van der Waals surface area contributed by atoms with E-state index in [1.54, 1.807) is 6.92 Å². The van der Waals surface area contributed by atoms with E-state index in [1.165, 1.54) is 0 Å². The third-order valence-electron chi connectivity index (χ3n) is 2.70. The van der Waals surface area contributed by atoms with Crippen LogP contribution in [0.3, 0.4) is 0 Å². The van der Waals surface area contributed by atoms with Crippen molar-refractivity contribution in [1.29, 1.82) is 0 Å². The highest BCUT2D eigenvalue weighted by Gasteiger charge is 2.12. The number of fused-ring (bicyclic) bond motifs is 1. The average Bonchev–Trinajstić information content (AvgIpc) is 2.75. The van der Waals surface area contributed by atoms with Gasteiger partial charge in [-0.25, -0.2) is 0 Å². The Bertz CT molecular complexity index is 524. The van der Waals surface area contributed by atoms with Gasteiger partial charge in [-0.05, 0) is 36.1 Å². The number of halogens is 1. The molecule has 2 aromatic rings. The third-order valence-corrected chi connectivity index (χ3v) is 2.70. The second kappa shape index (κ2) is 6.42. The van der Waals surface area contributed by atoms with Gasteiger partial charge in [0, 0.05) is 17.8 Å². The molecule has 2 rings (SSSR count). The highest BCUT2D eigenvalue weighted by atomic mass is 35.5. The average molecular weight is 269 g/mol. The molecule has 1 aromatic carbocycles. The zero-order valence-electron chi connectivity index (χ0n) is 10.2. The Labute approximate surface area is 112 Å². The minimum Gasteiger partial charge on any atom is -0.466 e. The summed E-state index contributed by atoms with van der Waals surface area (Å²) in [6.45, 7) is 2.18. The van der Waals surface area contributed by atoms with E-state index in [4.69, 9.17) is 10.5 Å². The summed E-state index contributed by atoms with van der Waals surface area (Å²) in [6.07, 6.45) is 2.09. The number of esters is 1. The number of nitrogens with one attached hydrogen (secondary N) is 1. The maximum Gasteiger partial charge on any atom is 0.307 e. The SMILES string of the molecule is CCOC(=O)C[C@@H](N)c1ccc2[nH]ccc2c1.Cl. The molecular formula is C13H17ClN2O2. The van der Waals surface area contributed by atoms with Crippen LogP contribution in [0.25, 0.3) is 10.9 Å². The van der Waals surface area contributed by atoms with E-state index in [-0.39, 0.29) is 30.8 Å². The number of carbonyl (C=O) groups is 1. The largest absolute Gasteiger partial charge is 0.466 e. The van der Waals surface area contributed by atoms with Crippen LogP contribution in [-0.2, 0) is 9.53 Å². The zero-order valence-corrected chi connectivity index (χ0v) is 11.0. The number of H-pyrrole nitrogens is 1. The van der Waals surface area contributed by atoms with Crippen molar-refractivity contribution < 1.29 is 9.53 Å². The Balaban J connectivity index is 0.00000162. The molecule has 4 nitrogen and oxygen atoms in total. The molecule has 1 aromatic heterocycles. The number of carbonyl (C=O) groups excluding carboxylic acids is 1. The first kappa shape index (κ1) is 14.5. The van der Waals surface area contributed by atoms with Crippen molar-refractivity contribution in [3.05, 3.63) is 36.0 Å². The summed E-state index contributed by atoms with van der Waals surface area (Å²) in [5.41, 5.74) is 7.99. The monoisotopic (exact) mass is 268 g/mol. The Kier molecular flexibility index (Phi) is 5.19. The van der Waals surface area contributed by atoms with Crippen LogP contribution in [-0.4, -0.2) is 17.6 Å². The molecule has 0 fully saturated rings. The van der Waals surface area contributed by atoms with Gasteiger partial charge in [0.15, 0.2) is 0 Å². The summed E-state index contributed by atoms with van der Waals surface area (Å²) in [6, 6.07) is 7.57. The zero-order chi connectivity index (χ0) is 12.3. The lowest BCUT2D eigenvalue weighted by molar-refractivity contribution is -0.143. The molecule has 0 aliphatic carbocycles. The van der Waals surface area contributed by atoms with Gasteiger partial charge < -0.3 is 15.5 Å². The molecule has 0 spiro atoms. The number of hydrogen-bond acceptors (Lipinski definition) is 3. The molecule has 3 N–H and O–H groups in total. The lowest BCUT2D eigenvalue weighted by Crippen LogP contribution is -2.17. The van der Waals surface area contributed by atoms with Gasteiger partial charge in [-0.1, -0.05) is 6.07 Å². The van der Waals surface area contributed by atoms with Crippen LogP contribution in [0.15, 0.2) is 30.5 Å². The van der Waals surface area contributed by atoms with Gasteiger partial charge in [0.25, 0.3) is 0 Å². The van der Waals surface area contributed by atoms with Crippen LogP contribution in [0, 0.1) is 0 Å². The molecule has 98 valence electrons. The lowest BCUT2D eigenvalue weighted by Gasteiger charge is -2.11. The van der Waals surface area contributed by atoms with Gasteiger partial charge in [0.05, 0.1) is 13.0 Å². The molecule has 0 amide bonds. The molecule has 0 unspecified atom stereocenters. The van der Waals surface area contributed by atoms with Crippen molar-refractivity contribution in [3.8, 4) is 0 Å². The number of rotatable bonds is 4. The summed E-state index contributed by atoms with van der Waals surface area (Å²) in [4.78, 5) is 14.4. The van der Waals surface area contributed by atoms with Gasteiger partial charge in [-0.3, -0.25) is 4.79 Å². The number of nitrogens with two attached hydrogens (primary N) is 1. The molecule has 1 heterocycles. The standard InChI is InChI=1S/C13H16N2O2.ClH/c1-2-17-13(16)8-11(14)9-3-4-12-10(7-9)5-6-15-12;/h3-7,11,15H,2,8,14H2,1H3;1H/t11-;/m1./s1. The first-order chi connectivity index (χ1) is 8.20. The number of ether oxygens (including phenoxy) is 1. The highest BCUT2D eigenvalue weighted by molar-refractivity contribution is 5.85. The fourth-order valence-electron chi connectivity index (χ4n) is 1.82. The molecule has 5 heteroatoms. The van der Waals surface area contributed by atoms with Crippen LogP contribution in [0.1, 0.15) is 24.9 Å². The minimum absolute atomic E-state index is 0. The van der Waals surface area contributed by atoms with Gasteiger partial charge >= 0.3 is 5.97 Å². The Morgan fingerprint density at radius 2 is 2.22 bits per heavy atom. The van der Waals surface area contributed by atoms with E-state index >= 15 is 0 Å². The summed E-state index contributed by atoms with van der Waals surface area (Å²) in [5, 5.41) is 1.10. The Hall–Kier alpha value is -1.52. The molecular weight excluding hydrogens is 252 g/mol. The van der Waals surface area contributed by atoms with Gasteiger partial charge in [-0.15, -0.1) is 12.4 Å². The van der Waals surface area contributed by atoms with E-state index in [2.05, 4.69) is 4.98 Å². The van der Waals surface area contributed by atoms with Crippen LogP contribution < -0.4 is 5.73 Å². The minimum atomic E-state index is -0.312. The summed E-state index contributed by atoms with van der Waals surface area (Å²) >= 11 is 0. The highest BCUT2D eigenvalue weighted by Crippen LogP contribution is 2.20. The number of aromatic nitrogens is 1. The fraction of sp³-hybridized carbons (Fsp3) is 0.308. The predicted molar refractivity (Wildman–Crippen MR) is 73.7 cm³/mol. The summed E-state index contributed by atoms with van der Waals surface area (Å²) in [5.74, 6) is -0.255. The van der Waals surface area contributed by atoms with E-state index < -0.39 is 0 Å². The van der Waals surface area contributed by atoms with Crippen molar-refractivity contribution in [3.63, 3.8) is 0 Å². The lowest BCUT2D eigenvalue weighted by atomic mass is 10.0. The predicted octanol–water partition coefficient (Wildman–Crippen LogP) is 2.54. The van der Waals surface area contributed by atoms with Crippen molar-refractivity contribution >= 4 is 29.3 Å². The number of hydrogen-bond donors (Lipinski definition) is 2. The normalized spacial score (nSPS) is 11.9. The van der Waals surface area contributed by atoms with Crippen molar-refractivity contribution in [2.75, 3.05) is 6.61 Å². The van der Waals surface area contributed by atoms with Crippen LogP contribution >= 0.6 is 12.4 Å². The smallest absolute Gasteiger partial charge is 0.307 e. The summed E-state index contributed by atoms with van der Waals surface area (Å²) in [7, 11) is 0. The van der Waals surface area contributed by atoms with Crippen molar-refractivity contribution in [2.24, 2.45) is 5.73 Å².